The van der Waals surface area contributed by atoms with Crippen LogP contribution in [0.4, 0.5) is 13.2 Å². The highest BCUT2D eigenvalue weighted by Gasteiger charge is 2.31. The minimum Gasteiger partial charge on any atom is -0.383 e. The van der Waals surface area contributed by atoms with Crippen molar-refractivity contribution in [1.82, 2.24) is 0 Å². The topological polar surface area (TPSA) is 38.7 Å². The van der Waals surface area contributed by atoms with E-state index < -0.39 is 24.1 Å². The van der Waals surface area contributed by atoms with Crippen molar-refractivity contribution in [3.8, 4) is 0 Å². The molecule has 1 atom stereocenters. The molecule has 0 heterocycles. The van der Waals surface area contributed by atoms with Crippen LogP contribution in [0, 0.1) is 0 Å². The average molecular weight is 250 g/mol. The van der Waals surface area contributed by atoms with E-state index in [9.17, 15) is 18.3 Å². The minimum atomic E-state index is -4.44. The van der Waals surface area contributed by atoms with E-state index in [4.69, 9.17) is 9.47 Å². The number of ether oxygens (including phenoxy) is 2. The lowest BCUT2D eigenvalue weighted by atomic mass is 10.1. The van der Waals surface area contributed by atoms with Gasteiger partial charge in [0, 0.05) is 14.2 Å². The van der Waals surface area contributed by atoms with Crippen LogP contribution < -0.4 is 0 Å². The zero-order valence-electron chi connectivity index (χ0n) is 9.36. The zero-order chi connectivity index (χ0) is 13.1. The van der Waals surface area contributed by atoms with Crippen LogP contribution in [0.25, 0.3) is 0 Å². The highest BCUT2D eigenvalue weighted by molar-refractivity contribution is 5.27. The second-order valence-corrected chi connectivity index (χ2v) is 3.41. The predicted octanol–water partition coefficient (Wildman–Crippen LogP) is 2.36. The Kier molecular flexibility index (Phi) is 4.50. The van der Waals surface area contributed by atoms with Crippen molar-refractivity contribution in [3.63, 3.8) is 0 Å². The molecule has 17 heavy (non-hydrogen) atoms. The molecule has 0 aliphatic rings. The molecule has 0 saturated carbocycles. The molecule has 0 saturated heterocycles. The van der Waals surface area contributed by atoms with Gasteiger partial charge in [-0.2, -0.15) is 13.2 Å². The quantitative estimate of drug-likeness (QED) is 0.834. The van der Waals surface area contributed by atoms with Gasteiger partial charge < -0.3 is 14.6 Å². The Hall–Kier alpha value is -1.11. The van der Waals surface area contributed by atoms with Crippen LogP contribution in [0.3, 0.4) is 0 Å². The third-order valence-corrected chi connectivity index (χ3v) is 2.28. The first-order valence-electron chi connectivity index (χ1n) is 4.81. The molecule has 1 N–H and O–H groups in total. The number of aliphatic hydroxyl groups is 1. The van der Waals surface area contributed by atoms with Crippen molar-refractivity contribution >= 4 is 0 Å². The number of hydrogen-bond acceptors (Lipinski definition) is 3. The Labute approximate surface area is 96.8 Å². The van der Waals surface area contributed by atoms with E-state index in [0.717, 1.165) is 12.1 Å². The van der Waals surface area contributed by atoms with E-state index >= 15 is 0 Å². The van der Waals surface area contributed by atoms with Gasteiger partial charge in [-0.25, -0.2) is 0 Å². The van der Waals surface area contributed by atoms with Gasteiger partial charge in [-0.05, 0) is 17.7 Å². The number of methoxy groups -OCH3 is 2. The molecule has 6 heteroatoms. The van der Waals surface area contributed by atoms with Gasteiger partial charge >= 0.3 is 6.18 Å². The Morgan fingerprint density at radius 3 is 2.24 bits per heavy atom. The van der Waals surface area contributed by atoms with Crippen molar-refractivity contribution in [2.75, 3.05) is 14.2 Å². The molecule has 1 aromatic rings. The first-order chi connectivity index (χ1) is 7.90. The third-order valence-electron chi connectivity index (χ3n) is 2.28. The van der Waals surface area contributed by atoms with Crippen LogP contribution >= 0.6 is 0 Å². The monoisotopic (exact) mass is 250 g/mol. The SMILES string of the molecule is COC(OC)C(O)c1cccc(C(F)(F)F)c1. The van der Waals surface area contributed by atoms with Crippen LogP contribution in [0.15, 0.2) is 24.3 Å². The smallest absolute Gasteiger partial charge is 0.383 e. The van der Waals surface area contributed by atoms with Crippen molar-refractivity contribution in [2.24, 2.45) is 0 Å². The summed E-state index contributed by atoms with van der Waals surface area (Å²) in [6, 6.07) is 4.41. The van der Waals surface area contributed by atoms with E-state index in [-0.39, 0.29) is 5.56 Å². The predicted molar refractivity (Wildman–Crippen MR) is 54.2 cm³/mol. The van der Waals surface area contributed by atoms with Gasteiger partial charge in [-0.3, -0.25) is 0 Å². The molecule has 0 fully saturated rings. The largest absolute Gasteiger partial charge is 0.416 e. The highest BCUT2D eigenvalue weighted by atomic mass is 19.4. The molecule has 1 rings (SSSR count). The maximum absolute atomic E-state index is 12.5. The molecule has 0 radical (unpaired) electrons. The Bertz CT molecular complexity index is 361. The maximum Gasteiger partial charge on any atom is 0.416 e. The number of alkyl halides is 3. The lowest BCUT2D eigenvalue weighted by Crippen LogP contribution is -2.23. The molecule has 1 unspecified atom stereocenters. The fraction of sp³-hybridized carbons (Fsp3) is 0.455. The van der Waals surface area contributed by atoms with E-state index in [1.165, 1.54) is 26.4 Å². The second-order valence-electron chi connectivity index (χ2n) is 3.41. The van der Waals surface area contributed by atoms with E-state index in [0.29, 0.717) is 0 Å². The molecule has 0 aliphatic carbocycles. The van der Waals surface area contributed by atoms with Crippen LogP contribution in [0.1, 0.15) is 17.2 Å². The van der Waals surface area contributed by atoms with Gasteiger partial charge in [-0.15, -0.1) is 0 Å². The van der Waals surface area contributed by atoms with E-state index in [1.54, 1.807) is 0 Å². The first-order valence-corrected chi connectivity index (χ1v) is 4.81. The Morgan fingerprint density at radius 2 is 1.76 bits per heavy atom. The normalized spacial score (nSPS) is 14.1. The van der Waals surface area contributed by atoms with Crippen molar-refractivity contribution in [2.45, 2.75) is 18.6 Å². The highest BCUT2D eigenvalue weighted by Crippen LogP contribution is 2.31. The molecule has 0 bridgehead atoms. The standard InChI is InChI=1S/C11H13F3O3/c1-16-10(17-2)9(15)7-4-3-5-8(6-7)11(12,13)14/h3-6,9-10,15H,1-2H3. The number of rotatable bonds is 4. The summed E-state index contributed by atoms with van der Waals surface area (Å²) in [5.41, 5.74) is -0.728. The summed E-state index contributed by atoms with van der Waals surface area (Å²) in [6.07, 6.45) is -6.71. The van der Waals surface area contributed by atoms with Crippen LogP contribution in [0.5, 0.6) is 0 Å². The Morgan fingerprint density at radius 1 is 1.18 bits per heavy atom. The summed E-state index contributed by atoms with van der Waals surface area (Å²) in [5, 5.41) is 9.75. The zero-order valence-corrected chi connectivity index (χ0v) is 9.36. The lowest BCUT2D eigenvalue weighted by molar-refractivity contribution is -0.166. The molecule has 0 spiro atoms. The van der Waals surface area contributed by atoms with Gasteiger partial charge in [0.2, 0.25) is 0 Å². The van der Waals surface area contributed by atoms with Crippen LogP contribution in [-0.4, -0.2) is 25.6 Å². The first kappa shape index (κ1) is 14.0. The molecule has 3 nitrogen and oxygen atoms in total. The lowest BCUT2D eigenvalue weighted by Gasteiger charge is -2.20. The van der Waals surface area contributed by atoms with E-state index in [2.05, 4.69) is 0 Å². The van der Waals surface area contributed by atoms with Gasteiger partial charge in [0.25, 0.3) is 0 Å². The van der Waals surface area contributed by atoms with Gasteiger partial charge in [0.1, 0.15) is 6.10 Å². The average Bonchev–Trinajstić information content (AvgIpc) is 2.29. The number of hydrogen-bond donors (Lipinski definition) is 1. The van der Waals surface area contributed by atoms with Crippen LogP contribution in [0.2, 0.25) is 0 Å². The van der Waals surface area contributed by atoms with Gasteiger partial charge in [-0.1, -0.05) is 12.1 Å². The molecule has 0 aromatic heterocycles. The molecule has 96 valence electrons. The summed E-state index contributed by atoms with van der Waals surface area (Å²) in [5.74, 6) is 0. The molecule has 0 amide bonds. The summed E-state index contributed by atoms with van der Waals surface area (Å²) in [6.45, 7) is 0. The molecule has 1 aromatic carbocycles. The van der Waals surface area contributed by atoms with Crippen LogP contribution in [-0.2, 0) is 15.7 Å². The molecular formula is C11H13F3O3. The van der Waals surface area contributed by atoms with E-state index in [1.807, 2.05) is 0 Å². The number of benzene rings is 1. The van der Waals surface area contributed by atoms with Crippen molar-refractivity contribution in [3.05, 3.63) is 35.4 Å². The number of aliphatic hydroxyl groups excluding tert-OH is 1. The van der Waals surface area contributed by atoms with Gasteiger partial charge in [0.05, 0.1) is 5.56 Å². The van der Waals surface area contributed by atoms with Gasteiger partial charge in [0.15, 0.2) is 6.29 Å². The maximum atomic E-state index is 12.5. The molecular weight excluding hydrogens is 237 g/mol. The molecule has 0 aliphatic heterocycles. The van der Waals surface area contributed by atoms with Crippen molar-refractivity contribution in [1.29, 1.82) is 0 Å². The van der Waals surface area contributed by atoms with Crippen molar-refractivity contribution < 1.29 is 27.8 Å². The summed E-state index contributed by atoms with van der Waals surface area (Å²) < 4.78 is 46.9. The fourth-order valence-corrected chi connectivity index (χ4v) is 1.41. The number of halogens is 3. The summed E-state index contributed by atoms with van der Waals surface area (Å²) in [4.78, 5) is 0. The fourth-order valence-electron chi connectivity index (χ4n) is 1.41. The third kappa shape index (κ3) is 3.42. The summed E-state index contributed by atoms with van der Waals surface area (Å²) in [7, 11) is 2.59. The minimum absolute atomic E-state index is 0.0912. The summed E-state index contributed by atoms with van der Waals surface area (Å²) >= 11 is 0. The second kappa shape index (κ2) is 5.48. The Balaban J connectivity index is 2.99.